The fourth-order valence-corrected chi connectivity index (χ4v) is 1.65. The van der Waals surface area contributed by atoms with Gasteiger partial charge in [-0.05, 0) is 11.1 Å². The van der Waals surface area contributed by atoms with E-state index in [0.29, 0.717) is 12.0 Å². The van der Waals surface area contributed by atoms with Crippen molar-refractivity contribution in [3.63, 3.8) is 0 Å². The van der Waals surface area contributed by atoms with Gasteiger partial charge >= 0.3 is 11.9 Å². The lowest BCUT2D eigenvalue weighted by atomic mass is 10.0. The van der Waals surface area contributed by atoms with Crippen molar-refractivity contribution in [3.8, 4) is 0 Å². The second-order valence-corrected chi connectivity index (χ2v) is 4.12. The summed E-state index contributed by atoms with van der Waals surface area (Å²) < 4.78 is 10.1. The number of ether oxygens (including phenoxy) is 2. The van der Waals surface area contributed by atoms with E-state index in [1.807, 2.05) is 30.3 Å². The number of carbonyl (C=O) groups excluding carboxylic acids is 2. The van der Waals surface area contributed by atoms with Crippen LogP contribution in [0.3, 0.4) is 0 Å². The van der Waals surface area contributed by atoms with Gasteiger partial charge in [-0.25, -0.2) is 0 Å². The first kappa shape index (κ1) is 15.0. The van der Waals surface area contributed by atoms with Crippen molar-refractivity contribution in [3.05, 3.63) is 42.5 Å². The van der Waals surface area contributed by atoms with E-state index in [2.05, 4.69) is 6.58 Å². The van der Waals surface area contributed by atoms with Crippen molar-refractivity contribution < 1.29 is 19.1 Å². The standard InChI is InChI=1S/C15H18O4/c1-11(14-7-5-4-6-8-14)15(19-13(3)17)9-10-18-12(2)16/h4-8,15H,1,9-10H2,2-3H3. The molecule has 0 bridgehead atoms. The molecule has 0 fully saturated rings. The average Bonchev–Trinajstić information content (AvgIpc) is 2.37. The molecule has 1 aromatic carbocycles. The van der Waals surface area contributed by atoms with Crippen LogP contribution in [0.1, 0.15) is 25.8 Å². The predicted octanol–water partition coefficient (Wildman–Crippen LogP) is 2.58. The van der Waals surface area contributed by atoms with Gasteiger partial charge in [-0.1, -0.05) is 36.9 Å². The molecule has 0 aromatic heterocycles. The molecule has 1 aromatic rings. The Labute approximate surface area is 113 Å². The molecule has 0 N–H and O–H groups in total. The Bertz CT molecular complexity index is 450. The summed E-state index contributed by atoms with van der Waals surface area (Å²) >= 11 is 0. The number of hydrogen-bond donors (Lipinski definition) is 0. The smallest absolute Gasteiger partial charge is 0.303 e. The van der Waals surface area contributed by atoms with Gasteiger partial charge in [0, 0.05) is 20.3 Å². The minimum atomic E-state index is -0.487. The van der Waals surface area contributed by atoms with Gasteiger partial charge in [0.05, 0.1) is 6.61 Å². The summed E-state index contributed by atoms with van der Waals surface area (Å²) in [5.74, 6) is -0.739. The maximum absolute atomic E-state index is 11.1. The third-order valence-corrected chi connectivity index (χ3v) is 2.53. The van der Waals surface area contributed by atoms with Gasteiger partial charge in [-0.3, -0.25) is 9.59 Å². The molecular weight excluding hydrogens is 244 g/mol. The average molecular weight is 262 g/mol. The number of esters is 2. The van der Waals surface area contributed by atoms with E-state index in [0.717, 1.165) is 5.56 Å². The van der Waals surface area contributed by atoms with Crippen molar-refractivity contribution in [1.82, 2.24) is 0 Å². The molecule has 0 saturated heterocycles. The Morgan fingerprint density at radius 2 is 1.79 bits per heavy atom. The highest BCUT2D eigenvalue weighted by Crippen LogP contribution is 2.21. The molecule has 4 heteroatoms. The molecule has 19 heavy (non-hydrogen) atoms. The Morgan fingerprint density at radius 1 is 1.16 bits per heavy atom. The third-order valence-electron chi connectivity index (χ3n) is 2.53. The molecule has 0 radical (unpaired) electrons. The first-order valence-corrected chi connectivity index (χ1v) is 6.05. The minimum Gasteiger partial charge on any atom is -0.466 e. The van der Waals surface area contributed by atoms with Crippen LogP contribution in [0.5, 0.6) is 0 Å². The summed E-state index contributed by atoms with van der Waals surface area (Å²) in [4.78, 5) is 21.9. The molecule has 0 spiro atoms. The van der Waals surface area contributed by atoms with E-state index in [1.54, 1.807) is 0 Å². The van der Waals surface area contributed by atoms with Crippen LogP contribution in [0, 0.1) is 0 Å². The van der Waals surface area contributed by atoms with Crippen molar-refractivity contribution >= 4 is 17.5 Å². The number of hydrogen-bond acceptors (Lipinski definition) is 4. The summed E-state index contributed by atoms with van der Waals surface area (Å²) in [5, 5.41) is 0. The monoisotopic (exact) mass is 262 g/mol. The Morgan fingerprint density at radius 3 is 2.32 bits per heavy atom. The van der Waals surface area contributed by atoms with E-state index in [9.17, 15) is 9.59 Å². The second kappa shape index (κ2) is 7.36. The fourth-order valence-electron chi connectivity index (χ4n) is 1.65. The van der Waals surface area contributed by atoms with Crippen LogP contribution in [-0.2, 0) is 19.1 Å². The summed E-state index contributed by atoms with van der Waals surface area (Å²) in [7, 11) is 0. The minimum absolute atomic E-state index is 0.194. The first-order valence-electron chi connectivity index (χ1n) is 6.05. The molecule has 1 rings (SSSR count). The van der Waals surface area contributed by atoms with Crippen LogP contribution < -0.4 is 0 Å². The van der Waals surface area contributed by atoms with E-state index in [-0.39, 0.29) is 18.5 Å². The fraction of sp³-hybridized carbons (Fsp3) is 0.333. The Kier molecular flexibility index (Phi) is 5.79. The van der Waals surface area contributed by atoms with Gasteiger partial charge in [-0.15, -0.1) is 0 Å². The zero-order valence-electron chi connectivity index (χ0n) is 11.2. The summed E-state index contributed by atoms with van der Waals surface area (Å²) in [5.41, 5.74) is 1.60. The van der Waals surface area contributed by atoms with Gasteiger partial charge in [-0.2, -0.15) is 0 Å². The zero-order chi connectivity index (χ0) is 14.3. The molecule has 0 aliphatic heterocycles. The summed E-state index contributed by atoms with van der Waals surface area (Å²) in [6, 6.07) is 9.46. The van der Waals surface area contributed by atoms with E-state index in [4.69, 9.17) is 9.47 Å². The van der Waals surface area contributed by atoms with Crippen LogP contribution in [0.2, 0.25) is 0 Å². The van der Waals surface area contributed by atoms with Crippen molar-refractivity contribution in [1.29, 1.82) is 0 Å². The number of benzene rings is 1. The molecule has 4 nitrogen and oxygen atoms in total. The van der Waals surface area contributed by atoms with E-state index in [1.165, 1.54) is 13.8 Å². The molecule has 0 aliphatic carbocycles. The molecule has 1 unspecified atom stereocenters. The Balaban J connectivity index is 2.70. The van der Waals surface area contributed by atoms with Crippen LogP contribution in [0.15, 0.2) is 36.9 Å². The van der Waals surface area contributed by atoms with Crippen molar-refractivity contribution in [2.45, 2.75) is 26.4 Å². The molecule has 1 atom stereocenters. The molecule has 102 valence electrons. The molecule has 0 heterocycles. The maximum atomic E-state index is 11.1. The summed E-state index contributed by atoms with van der Waals surface area (Å²) in [6.07, 6.45) is -0.0911. The van der Waals surface area contributed by atoms with Gasteiger partial charge in [0.1, 0.15) is 6.10 Å². The number of rotatable bonds is 6. The quantitative estimate of drug-likeness (QED) is 0.739. The molecule has 0 saturated carbocycles. The van der Waals surface area contributed by atoms with Crippen LogP contribution >= 0.6 is 0 Å². The van der Waals surface area contributed by atoms with Crippen LogP contribution in [-0.4, -0.2) is 24.6 Å². The number of carbonyl (C=O) groups is 2. The van der Waals surface area contributed by atoms with Crippen LogP contribution in [0.4, 0.5) is 0 Å². The topological polar surface area (TPSA) is 52.6 Å². The lowest BCUT2D eigenvalue weighted by Crippen LogP contribution is -2.20. The second-order valence-electron chi connectivity index (χ2n) is 4.12. The predicted molar refractivity (Wildman–Crippen MR) is 72.3 cm³/mol. The lowest BCUT2D eigenvalue weighted by molar-refractivity contribution is -0.145. The van der Waals surface area contributed by atoms with Gasteiger partial charge in [0.15, 0.2) is 0 Å². The summed E-state index contributed by atoms with van der Waals surface area (Å²) in [6.45, 7) is 6.84. The molecule has 0 amide bonds. The normalized spacial score (nSPS) is 11.5. The SMILES string of the molecule is C=C(c1ccccc1)C(CCOC(C)=O)OC(C)=O. The van der Waals surface area contributed by atoms with Crippen LogP contribution in [0.25, 0.3) is 5.57 Å². The van der Waals surface area contributed by atoms with E-state index >= 15 is 0 Å². The van der Waals surface area contributed by atoms with E-state index < -0.39 is 6.10 Å². The lowest BCUT2D eigenvalue weighted by Gasteiger charge is -2.19. The largest absolute Gasteiger partial charge is 0.466 e. The Hall–Kier alpha value is -2.10. The molecule has 0 aliphatic rings. The maximum Gasteiger partial charge on any atom is 0.303 e. The first-order chi connectivity index (χ1) is 9.00. The van der Waals surface area contributed by atoms with Gasteiger partial charge < -0.3 is 9.47 Å². The highest BCUT2D eigenvalue weighted by atomic mass is 16.6. The van der Waals surface area contributed by atoms with Gasteiger partial charge in [0.25, 0.3) is 0 Å². The highest BCUT2D eigenvalue weighted by Gasteiger charge is 2.17. The third kappa shape index (κ3) is 5.38. The zero-order valence-corrected chi connectivity index (χ0v) is 11.2. The molecular formula is C15H18O4. The van der Waals surface area contributed by atoms with Crippen molar-refractivity contribution in [2.75, 3.05) is 6.61 Å². The highest BCUT2D eigenvalue weighted by molar-refractivity contribution is 5.72. The van der Waals surface area contributed by atoms with Gasteiger partial charge in [0.2, 0.25) is 0 Å². The van der Waals surface area contributed by atoms with Crippen molar-refractivity contribution in [2.24, 2.45) is 0 Å².